The van der Waals surface area contributed by atoms with Gasteiger partial charge in [0.2, 0.25) is 0 Å². The van der Waals surface area contributed by atoms with Gasteiger partial charge < -0.3 is 10.1 Å². The summed E-state index contributed by atoms with van der Waals surface area (Å²) in [6.07, 6.45) is 1.84. The van der Waals surface area contributed by atoms with Gasteiger partial charge >= 0.3 is 0 Å². The van der Waals surface area contributed by atoms with Crippen LogP contribution in [-0.4, -0.2) is 18.6 Å². The van der Waals surface area contributed by atoms with E-state index in [9.17, 15) is 0 Å². The Hall–Kier alpha value is -1.91. The summed E-state index contributed by atoms with van der Waals surface area (Å²) in [7, 11) is 1.70. The van der Waals surface area contributed by atoms with E-state index >= 15 is 0 Å². The second-order valence-electron chi connectivity index (χ2n) is 4.84. The van der Waals surface area contributed by atoms with Crippen molar-refractivity contribution in [2.45, 2.75) is 13.0 Å². The Morgan fingerprint density at radius 3 is 2.95 bits per heavy atom. The first-order valence-electron chi connectivity index (χ1n) is 7.02. The highest BCUT2D eigenvalue weighted by Crippen LogP contribution is 2.32. The second-order valence-corrected chi connectivity index (χ2v) is 5.78. The van der Waals surface area contributed by atoms with E-state index in [2.05, 4.69) is 47.6 Å². The van der Waals surface area contributed by atoms with Crippen LogP contribution in [0.5, 0.6) is 5.75 Å². The van der Waals surface area contributed by atoms with E-state index in [0.29, 0.717) is 0 Å². The number of fused-ring (bicyclic) bond motifs is 1. The third-order valence-corrected chi connectivity index (χ3v) is 4.46. The number of aromatic nitrogens is 1. The zero-order valence-electron chi connectivity index (χ0n) is 12.2. The van der Waals surface area contributed by atoms with Gasteiger partial charge in [-0.25, -0.2) is 0 Å². The molecule has 4 heteroatoms. The van der Waals surface area contributed by atoms with Gasteiger partial charge in [-0.05, 0) is 30.3 Å². The van der Waals surface area contributed by atoms with Crippen molar-refractivity contribution in [3.63, 3.8) is 0 Å². The second kappa shape index (κ2) is 6.24. The Morgan fingerprint density at radius 1 is 1.29 bits per heavy atom. The molecule has 0 aliphatic carbocycles. The maximum Gasteiger partial charge on any atom is 0.129 e. The molecule has 0 amide bonds. The smallest absolute Gasteiger partial charge is 0.129 e. The van der Waals surface area contributed by atoms with Gasteiger partial charge in [-0.1, -0.05) is 25.1 Å². The molecule has 1 unspecified atom stereocenters. The molecular formula is C17H18N2OS. The molecule has 108 valence electrons. The third kappa shape index (κ3) is 2.91. The van der Waals surface area contributed by atoms with Crippen LogP contribution < -0.4 is 10.1 Å². The van der Waals surface area contributed by atoms with E-state index in [4.69, 9.17) is 4.74 Å². The molecule has 2 aromatic heterocycles. The first kappa shape index (κ1) is 14.0. The molecular weight excluding hydrogens is 280 g/mol. The average Bonchev–Trinajstić information content (AvgIpc) is 3.01. The zero-order valence-corrected chi connectivity index (χ0v) is 13.0. The third-order valence-electron chi connectivity index (χ3n) is 3.49. The summed E-state index contributed by atoms with van der Waals surface area (Å²) in [6, 6.07) is 12.8. The molecule has 2 heterocycles. The zero-order chi connectivity index (χ0) is 14.7. The van der Waals surface area contributed by atoms with E-state index in [1.807, 2.05) is 17.6 Å². The van der Waals surface area contributed by atoms with Crippen molar-refractivity contribution >= 4 is 22.2 Å². The molecule has 0 fully saturated rings. The standard InChI is InChI=1S/C17H18N2OS/c1-3-18-17(16-10-14(20-2)11-21-16)13-7-6-12-5-4-8-19-15(12)9-13/h4-11,17-18H,3H2,1-2H3. The van der Waals surface area contributed by atoms with Gasteiger partial charge in [0, 0.05) is 21.8 Å². The van der Waals surface area contributed by atoms with Gasteiger partial charge in [-0.3, -0.25) is 4.98 Å². The molecule has 21 heavy (non-hydrogen) atoms. The minimum atomic E-state index is 0.176. The van der Waals surface area contributed by atoms with Gasteiger partial charge in [0.15, 0.2) is 0 Å². The van der Waals surface area contributed by atoms with Crippen molar-refractivity contribution in [1.29, 1.82) is 0 Å². The number of hydrogen-bond acceptors (Lipinski definition) is 4. The monoisotopic (exact) mass is 298 g/mol. The lowest BCUT2D eigenvalue weighted by Gasteiger charge is -2.17. The summed E-state index contributed by atoms with van der Waals surface area (Å²) in [4.78, 5) is 5.70. The highest BCUT2D eigenvalue weighted by atomic mass is 32.1. The SMILES string of the molecule is CCNC(c1ccc2cccnc2c1)c1cc(OC)cs1. The number of rotatable bonds is 5. The molecule has 1 aromatic carbocycles. The molecule has 0 aliphatic heterocycles. The van der Waals surface area contributed by atoms with Crippen LogP contribution in [0, 0.1) is 0 Å². The van der Waals surface area contributed by atoms with Crippen LogP contribution in [0.3, 0.4) is 0 Å². The number of nitrogens with zero attached hydrogens (tertiary/aromatic N) is 1. The summed E-state index contributed by atoms with van der Waals surface area (Å²) in [5.74, 6) is 0.914. The first-order chi connectivity index (χ1) is 10.3. The predicted molar refractivity (Wildman–Crippen MR) is 88.1 cm³/mol. The van der Waals surface area contributed by atoms with Crippen LogP contribution in [0.4, 0.5) is 0 Å². The fourth-order valence-electron chi connectivity index (χ4n) is 2.44. The van der Waals surface area contributed by atoms with E-state index < -0.39 is 0 Å². The fraction of sp³-hybridized carbons (Fsp3) is 0.235. The van der Waals surface area contributed by atoms with E-state index in [-0.39, 0.29) is 6.04 Å². The molecule has 0 aliphatic rings. The lowest BCUT2D eigenvalue weighted by molar-refractivity contribution is 0.416. The molecule has 1 N–H and O–H groups in total. The quantitative estimate of drug-likeness (QED) is 0.773. The molecule has 3 nitrogen and oxygen atoms in total. The van der Waals surface area contributed by atoms with Crippen molar-refractivity contribution in [2.24, 2.45) is 0 Å². The van der Waals surface area contributed by atoms with Crippen molar-refractivity contribution in [2.75, 3.05) is 13.7 Å². The van der Waals surface area contributed by atoms with Crippen molar-refractivity contribution < 1.29 is 4.74 Å². The maximum absolute atomic E-state index is 5.30. The average molecular weight is 298 g/mol. The first-order valence-corrected chi connectivity index (χ1v) is 7.90. The summed E-state index contributed by atoms with van der Waals surface area (Å²) in [5.41, 5.74) is 2.26. The van der Waals surface area contributed by atoms with E-state index in [1.165, 1.54) is 15.8 Å². The van der Waals surface area contributed by atoms with Crippen LogP contribution in [0.1, 0.15) is 23.4 Å². The number of thiophene rings is 1. The highest BCUT2D eigenvalue weighted by Gasteiger charge is 2.16. The summed E-state index contributed by atoms with van der Waals surface area (Å²) in [6.45, 7) is 3.03. The number of hydrogen-bond donors (Lipinski definition) is 1. The van der Waals surface area contributed by atoms with Crippen molar-refractivity contribution in [3.05, 3.63) is 58.4 Å². The summed E-state index contributed by atoms with van der Waals surface area (Å²) >= 11 is 1.71. The fourth-order valence-corrected chi connectivity index (χ4v) is 3.40. The number of methoxy groups -OCH3 is 1. The van der Waals surface area contributed by atoms with Crippen LogP contribution in [0.25, 0.3) is 10.9 Å². The Balaban J connectivity index is 2.01. The Kier molecular flexibility index (Phi) is 4.18. The minimum Gasteiger partial charge on any atom is -0.496 e. The number of pyridine rings is 1. The lowest BCUT2D eigenvalue weighted by atomic mass is 10.0. The lowest BCUT2D eigenvalue weighted by Crippen LogP contribution is -2.21. The topological polar surface area (TPSA) is 34.2 Å². The van der Waals surface area contributed by atoms with Crippen LogP contribution in [-0.2, 0) is 0 Å². The van der Waals surface area contributed by atoms with E-state index in [1.54, 1.807) is 18.4 Å². The normalized spacial score (nSPS) is 12.5. The van der Waals surface area contributed by atoms with Gasteiger partial charge in [0.25, 0.3) is 0 Å². The van der Waals surface area contributed by atoms with Gasteiger partial charge in [-0.15, -0.1) is 11.3 Å². The molecule has 0 bridgehead atoms. The molecule has 0 spiro atoms. The maximum atomic E-state index is 5.30. The van der Waals surface area contributed by atoms with E-state index in [0.717, 1.165) is 17.8 Å². The Morgan fingerprint density at radius 2 is 2.19 bits per heavy atom. The number of nitrogens with one attached hydrogen (secondary N) is 1. The Bertz CT molecular complexity index is 738. The molecule has 3 rings (SSSR count). The van der Waals surface area contributed by atoms with Crippen molar-refractivity contribution in [3.8, 4) is 5.75 Å². The van der Waals surface area contributed by atoms with Gasteiger partial charge in [0.05, 0.1) is 18.7 Å². The summed E-state index contributed by atoms with van der Waals surface area (Å²) in [5, 5.41) is 6.75. The number of benzene rings is 1. The summed E-state index contributed by atoms with van der Waals surface area (Å²) < 4.78 is 5.30. The van der Waals surface area contributed by atoms with Crippen LogP contribution in [0.15, 0.2) is 48.0 Å². The van der Waals surface area contributed by atoms with Crippen molar-refractivity contribution in [1.82, 2.24) is 10.3 Å². The van der Waals surface area contributed by atoms with Crippen LogP contribution >= 0.6 is 11.3 Å². The molecule has 1 atom stereocenters. The Labute approximate surface area is 128 Å². The number of ether oxygens (including phenoxy) is 1. The largest absolute Gasteiger partial charge is 0.496 e. The van der Waals surface area contributed by atoms with Gasteiger partial charge in [0.1, 0.15) is 5.75 Å². The minimum absolute atomic E-state index is 0.176. The van der Waals surface area contributed by atoms with Crippen LogP contribution in [0.2, 0.25) is 0 Å². The molecule has 0 saturated heterocycles. The molecule has 3 aromatic rings. The predicted octanol–water partition coefficient (Wildman–Crippen LogP) is 4.00. The molecule has 0 radical (unpaired) electrons. The highest BCUT2D eigenvalue weighted by molar-refractivity contribution is 7.10. The molecule has 0 saturated carbocycles. The van der Waals surface area contributed by atoms with Gasteiger partial charge in [-0.2, -0.15) is 0 Å².